The number of halogens is 1. The highest BCUT2D eigenvalue weighted by Crippen LogP contribution is 2.77. The summed E-state index contributed by atoms with van der Waals surface area (Å²) in [6.07, 6.45) is 10.0. The van der Waals surface area contributed by atoms with Crippen LogP contribution in [0.4, 0.5) is 0 Å². The second kappa shape index (κ2) is 13.5. The molecular weight excluding hydrogens is 670 g/mol. The van der Waals surface area contributed by atoms with Crippen LogP contribution in [0.2, 0.25) is 5.02 Å². The number of benzene rings is 1. The number of allylic oxidation sites excluding steroid dienone is 2. The molecule has 4 saturated carbocycles. The van der Waals surface area contributed by atoms with E-state index in [4.69, 9.17) is 16.3 Å². The maximum Gasteiger partial charge on any atom is 0.309 e. The van der Waals surface area contributed by atoms with Crippen molar-refractivity contribution < 1.29 is 24.2 Å². The predicted molar refractivity (Wildman–Crippen MR) is 208 cm³/mol. The molecule has 5 aliphatic rings. The van der Waals surface area contributed by atoms with Gasteiger partial charge in [0, 0.05) is 28.8 Å². The van der Waals surface area contributed by atoms with Crippen molar-refractivity contribution in [3.63, 3.8) is 0 Å². The Morgan fingerprint density at radius 2 is 1.62 bits per heavy atom. The van der Waals surface area contributed by atoms with Gasteiger partial charge in [-0.1, -0.05) is 77.8 Å². The molecule has 5 aliphatic carbocycles. The second-order valence-electron chi connectivity index (χ2n) is 20.3. The SMILES string of the molecule is CC(C)C1=C2[C@H]3CC[C@@H]4[C@@]5(C)CC[C@H](OC(=O)CC(C)(C)C(=O)O)C(C)(C)[C@@H]5CC[C@@]4(C)[C@]3(C)CC[C@@]2(CCN(C)Cc2ccc(Cl)cc2)CC1=O. The average Bonchev–Trinajstić information content (AvgIpc) is 3.35. The van der Waals surface area contributed by atoms with Crippen molar-refractivity contribution in [1.82, 2.24) is 4.90 Å². The summed E-state index contributed by atoms with van der Waals surface area (Å²) in [5.74, 6) is 0.655. The smallest absolute Gasteiger partial charge is 0.309 e. The molecule has 1 aromatic carbocycles. The van der Waals surface area contributed by atoms with Gasteiger partial charge in [0.15, 0.2) is 5.78 Å². The third-order valence-corrected chi connectivity index (χ3v) is 16.5. The highest BCUT2D eigenvalue weighted by atomic mass is 35.5. The standard InChI is InChI=1S/C45H66ClNO5/c1-28(2)37-32(48)25-45(23-24-47(10)27-29-11-13-30(46)14-12-29)22-21-43(8)31(38(37)45)15-16-34-42(7)19-18-35(52-36(49)26-40(3,4)39(50)51)41(5,6)33(42)17-20-44(34,43)9/h11-14,28,31,33-35H,15-27H2,1-10H3,(H,50,51)/t31-,33+,34-,35+,42+,43-,44-,45-/m1/s1. The van der Waals surface area contributed by atoms with Crippen LogP contribution in [0.5, 0.6) is 0 Å². The molecule has 0 amide bonds. The first-order valence-electron chi connectivity index (χ1n) is 20.2. The summed E-state index contributed by atoms with van der Waals surface area (Å²) < 4.78 is 6.18. The normalized spacial score (nSPS) is 37.0. The zero-order valence-electron chi connectivity index (χ0n) is 33.8. The van der Waals surface area contributed by atoms with Gasteiger partial charge < -0.3 is 14.7 Å². The van der Waals surface area contributed by atoms with E-state index < -0.39 is 17.4 Å². The largest absolute Gasteiger partial charge is 0.481 e. The number of carboxylic acids is 1. The monoisotopic (exact) mass is 735 g/mol. The van der Waals surface area contributed by atoms with Gasteiger partial charge in [-0.3, -0.25) is 14.4 Å². The molecular formula is C45H66ClNO5. The summed E-state index contributed by atoms with van der Waals surface area (Å²) in [5.41, 5.74) is 2.94. The number of esters is 1. The summed E-state index contributed by atoms with van der Waals surface area (Å²) in [4.78, 5) is 41.3. The van der Waals surface area contributed by atoms with Crippen LogP contribution in [-0.2, 0) is 25.7 Å². The number of carbonyl (C=O) groups is 3. The Hall–Kier alpha value is -2.18. The van der Waals surface area contributed by atoms with Crippen LogP contribution < -0.4 is 0 Å². The third kappa shape index (κ3) is 6.32. The maximum atomic E-state index is 14.1. The van der Waals surface area contributed by atoms with Crippen LogP contribution in [0.25, 0.3) is 0 Å². The minimum Gasteiger partial charge on any atom is -0.481 e. The molecule has 4 fully saturated rings. The molecule has 0 aliphatic heterocycles. The van der Waals surface area contributed by atoms with Crippen molar-refractivity contribution in [3.05, 3.63) is 46.0 Å². The first kappa shape index (κ1) is 39.5. The zero-order chi connectivity index (χ0) is 38.2. The number of hydrogen-bond donors (Lipinski definition) is 1. The molecule has 7 heteroatoms. The second-order valence-corrected chi connectivity index (χ2v) is 20.7. The molecule has 6 rings (SSSR count). The number of ether oxygens (including phenoxy) is 1. The van der Waals surface area contributed by atoms with E-state index in [-0.39, 0.29) is 45.5 Å². The van der Waals surface area contributed by atoms with Gasteiger partial charge in [0.05, 0.1) is 11.8 Å². The highest BCUT2D eigenvalue weighted by Gasteiger charge is 2.70. The minimum absolute atomic E-state index is 0.0431. The summed E-state index contributed by atoms with van der Waals surface area (Å²) in [7, 11) is 2.21. The van der Waals surface area contributed by atoms with E-state index in [1.54, 1.807) is 19.4 Å². The molecule has 288 valence electrons. The van der Waals surface area contributed by atoms with E-state index in [0.717, 1.165) is 75.1 Å². The van der Waals surface area contributed by atoms with Crippen molar-refractivity contribution >= 4 is 29.3 Å². The van der Waals surface area contributed by atoms with E-state index in [2.05, 4.69) is 72.5 Å². The molecule has 0 spiro atoms. The maximum absolute atomic E-state index is 14.1. The van der Waals surface area contributed by atoms with Crippen molar-refractivity contribution in [2.24, 2.45) is 56.2 Å². The molecule has 0 unspecified atom stereocenters. The number of nitrogens with zero attached hydrogens (tertiary/aromatic N) is 1. The van der Waals surface area contributed by atoms with Crippen LogP contribution in [-0.4, -0.2) is 47.4 Å². The number of ketones is 1. The first-order chi connectivity index (χ1) is 24.1. The van der Waals surface area contributed by atoms with E-state index in [1.807, 2.05) is 12.1 Å². The average molecular weight is 736 g/mol. The lowest BCUT2D eigenvalue weighted by atomic mass is 9.33. The minimum atomic E-state index is -1.15. The molecule has 52 heavy (non-hydrogen) atoms. The molecule has 1 N–H and O–H groups in total. The fraction of sp³-hybridized carbons (Fsp3) is 0.756. The topological polar surface area (TPSA) is 83.9 Å². The summed E-state index contributed by atoms with van der Waals surface area (Å²) in [6.45, 7) is 21.9. The molecule has 0 radical (unpaired) electrons. The molecule has 1 aromatic rings. The van der Waals surface area contributed by atoms with Gasteiger partial charge in [-0.2, -0.15) is 0 Å². The number of carboxylic acid groups (broad SMARTS) is 1. The predicted octanol–water partition coefficient (Wildman–Crippen LogP) is 10.6. The van der Waals surface area contributed by atoms with E-state index in [1.165, 1.54) is 12.0 Å². The van der Waals surface area contributed by atoms with Crippen LogP contribution in [0.3, 0.4) is 0 Å². The summed E-state index contributed by atoms with van der Waals surface area (Å²) >= 11 is 6.16. The molecule has 0 aromatic heterocycles. The van der Waals surface area contributed by atoms with E-state index in [9.17, 15) is 19.5 Å². The van der Waals surface area contributed by atoms with E-state index >= 15 is 0 Å². The number of carbonyl (C=O) groups excluding carboxylic acids is 2. The molecule has 8 atom stereocenters. The third-order valence-electron chi connectivity index (χ3n) is 16.3. The molecule has 0 bridgehead atoms. The Balaban J connectivity index is 1.25. The number of hydrogen-bond acceptors (Lipinski definition) is 5. The highest BCUT2D eigenvalue weighted by molar-refractivity contribution is 6.30. The van der Waals surface area contributed by atoms with Gasteiger partial charge in [0.25, 0.3) is 0 Å². The Morgan fingerprint density at radius 1 is 0.942 bits per heavy atom. The fourth-order valence-electron chi connectivity index (χ4n) is 13.3. The number of fused-ring (bicyclic) bond motifs is 7. The number of Topliss-reactive ketones (excluding diaryl/α,β-unsaturated/α-hetero) is 1. The fourth-order valence-corrected chi connectivity index (χ4v) is 13.4. The van der Waals surface area contributed by atoms with Crippen LogP contribution in [0.1, 0.15) is 139 Å². The van der Waals surface area contributed by atoms with Gasteiger partial charge in [-0.05, 0) is 148 Å². The van der Waals surface area contributed by atoms with Gasteiger partial charge in [-0.25, -0.2) is 0 Å². The summed E-state index contributed by atoms with van der Waals surface area (Å²) in [5, 5.41) is 10.4. The lowest BCUT2D eigenvalue weighted by Gasteiger charge is -2.72. The first-order valence-corrected chi connectivity index (χ1v) is 20.6. The van der Waals surface area contributed by atoms with Crippen molar-refractivity contribution in [3.8, 4) is 0 Å². The number of aliphatic carboxylic acids is 1. The van der Waals surface area contributed by atoms with Crippen LogP contribution in [0.15, 0.2) is 35.4 Å². The molecule has 6 nitrogen and oxygen atoms in total. The van der Waals surface area contributed by atoms with E-state index in [0.29, 0.717) is 30.0 Å². The summed E-state index contributed by atoms with van der Waals surface area (Å²) in [6, 6.07) is 8.16. The van der Waals surface area contributed by atoms with Gasteiger partial charge >= 0.3 is 11.9 Å². The molecule has 0 heterocycles. The molecule has 0 saturated heterocycles. The zero-order valence-corrected chi connectivity index (χ0v) is 34.5. The van der Waals surface area contributed by atoms with Crippen LogP contribution in [0, 0.1) is 56.2 Å². The van der Waals surface area contributed by atoms with Gasteiger partial charge in [-0.15, -0.1) is 0 Å². The van der Waals surface area contributed by atoms with Crippen molar-refractivity contribution in [2.45, 2.75) is 146 Å². The lowest BCUT2D eigenvalue weighted by molar-refractivity contribution is -0.233. The Bertz CT molecular complexity index is 1610. The lowest BCUT2D eigenvalue weighted by Crippen LogP contribution is -2.65. The quantitative estimate of drug-likeness (QED) is 0.241. The van der Waals surface area contributed by atoms with Crippen molar-refractivity contribution in [1.29, 1.82) is 0 Å². The number of rotatable bonds is 10. The van der Waals surface area contributed by atoms with Crippen LogP contribution >= 0.6 is 11.6 Å². The Kier molecular flexibility index (Phi) is 10.3. The Morgan fingerprint density at radius 3 is 2.25 bits per heavy atom. The van der Waals surface area contributed by atoms with Gasteiger partial charge in [0.1, 0.15) is 6.10 Å². The van der Waals surface area contributed by atoms with Gasteiger partial charge in [0.2, 0.25) is 0 Å². The van der Waals surface area contributed by atoms with Crippen molar-refractivity contribution in [2.75, 3.05) is 13.6 Å². The Labute approximate surface area is 318 Å².